The van der Waals surface area contributed by atoms with Gasteiger partial charge in [0.15, 0.2) is 5.96 Å². The first-order valence-corrected chi connectivity index (χ1v) is 10.3. The van der Waals surface area contributed by atoms with Gasteiger partial charge in [-0.15, -0.1) is 0 Å². The fourth-order valence-electron chi connectivity index (χ4n) is 3.46. The van der Waals surface area contributed by atoms with Crippen LogP contribution in [-0.4, -0.2) is 76.1 Å². The van der Waals surface area contributed by atoms with Crippen molar-refractivity contribution < 1.29 is 9.47 Å². The zero-order valence-electron chi connectivity index (χ0n) is 16.1. The molecule has 1 saturated carbocycles. The van der Waals surface area contributed by atoms with Crippen LogP contribution in [0.5, 0.6) is 0 Å². The molecule has 2 fully saturated rings. The summed E-state index contributed by atoms with van der Waals surface area (Å²) in [6.07, 6.45) is 9.42. The van der Waals surface area contributed by atoms with E-state index in [1.54, 1.807) is 0 Å². The molecule has 1 aliphatic carbocycles. The van der Waals surface area contributed by atoms with E-state index in [4.69, 9.17) is 9.47 Å². The number of hydrogen-bond acceptors (Lipinski definition) is 4. The maximum absolute atomic E-state index is 6.03. The molecule has 1 aliphatic heterocycles. The summed E-state index contributed by atoms with van der Waals surface area (Å²) in [5, 5.41) is 6.71. The molecule has 2 N–H and O–H groups in total. The number of aliphatic imine (C=N–C) groups is 1. The topological polar surface area (TPSA) is 58.1 Å². The van der Waals surface area contributed by atoms with Crippen LogP contribution in [0.4, 0.5) is 0 Å². The SMILES string of the molecule is CCNC(=NCCCN1CCOCC1)NCCOC1CCCCCC1. The number of nitrogens with zero attached hydrogens (tertiary/aromatic N) is 2. The number of ether oxygens (including phenoxy) is 2. The highest BCUT2D eigenvalue weighted by molar-refractivity contribution is 5.79. The second-order valence-corrected chi connectivity index (χ2v) is 6.98. The fourth-order valence-corrected chi connectivity index (χ4v) is 3.46. The quantitative estimate of drug-likeness (QED) is 0.287. The number of rotatable bonds is 9. The Morgan fingerprint density at radius 1 is 1.12 bits per heavy atom. The molecule has 2 rings (SSSR count). The lowest BCUT2D eigenvalue weighted by Gasteiger charge is -2.26. The molecule has 2 aliphatic rings. The van der Waals surface area contributed by atoms with Crippen molar-refractivity contribution in [1.29, 1.82) is 0 Å². The van der Waals surface area contributed by atoms with Gasteiger partial charge >= 0.3 is 0 Å². The molecule has 0 spiro atoms. The van der Waals surface area contributed by atoms with Crippen molar-refractivity contribution in [3.63, 3.8) is 0 Å². The highest BCUT2D eigenvalue weighted by Gasteiger charge is 2.12. The molecule has 0 aromatic carbocycles. The van der Waals surface area contributed by atoms with E-state index in [1.807, 2.05) is 0 Å². The second kappa shape index (κ2) is 13.4. The molecule has 1 heterocycles. The third-order valence-corrected chi connectivity index (χ3v) is 4.90. The minimum Gasteiger partial charge on any atom is -0.379 e. The fraction of sp³-hybridized carbons (Fsp3) is 0.947. The Labute approximate surface area is 153 Å². The molecule has 0 aromatic heterocycles. The Morgan fingerprint density at radius 3 is 2.60 bits per heavy atom. The molecule has 0 aromatic rings. The Morgan fingerprint density at radius 2 is 1.88 bits per heavy atom. The van der Waals surface area contributed by atoms with E-state index < -0.39 is 0 Å². The van der Waals surface area contributed by atoms with E-state index in [-0.39, 0.29) is 0 Å². The Hall–Kier alpha value is -0.850. The van der Waals surface area contributed by atoms with E-state index in [0.717, 1.165) is 71.5 Å². The molecule has 6 heteroatoms. The third kappa shape index (κ3) is 9.42. The van der Waals surface area contributed by atoms with Crippen molar-refractivity contribution in [3.8, 4) is 0 Å². The smallest absolute Gasteiger partial charge is 0.191 e. The van der Waals surface area contributed by atoms with Crippen LogP contribution in [0.2, 0.25) is 0 Å². The van der Waals surface area contributed by atoms with Crippen LogP contribution in [0, 0.1) is 0 Å². The molecule has 146 valence electrons. The maximum Gasteiger partial charge on any atom is 0.191 e. The van der Waals surface area contributed by atoms with Crippen LogP contribution < -0.4 is 10.6 Å². The molecule has 1 saturated heterocycles. The summed E-state index contributed by atoms with van der Waals surface area (Å²) in [6.45, 7) is 10.4. The Kier molecular flexibility index (Phi) is 10.9. The van der Waals surface area contributed by atoms with E-state index in [0.29, 0.717) is 6.10 Å². The van der Waals surface area contributed by atoms with Gasteiger partial charge in [0.2, 0.25) is 0 Å². The summed E-state index contributed by atoms with van der Waals surface area (Å²) in [5.41, 5.74) is 0. The number of morpholine rings is 1. The van der Waals surface area contributed by atoms with Gasteiger partial charge in [0.25, 0.3) is 0 Å². The van der Waals surface area contributed by atoms with Crippen molar-refractivity contribution in [2.45, 2.75) is 58.0 Å². The number of guanidine groups is 1. The van der Waals surface area contributed by atoms with Crippen LogP contribution >= 0.6 is 0 Å². The molecule has 6 nitrogen and oxygen atoms in total. The van der Waals surface area contributed by atoms with Gasteiger partial charge in [-0.2, -0.15) is 0 Å². The average molecular weight is 355 g/mol. The summed E-state index contributed by atoms with van der Waals surface area (Å²) in [7, 11) is 0. The van der Waals surface area contributed by atoms with Gasteiger partial charge in [-0.3, -0.25) is 9.89 Å². The van der Waals surface area contributed by atoms with Crippen LogP contribution in [0.15, 0.2) is 4.99 Å². The lowest BCUT2D eigenvalue weighted by atomic mass is 10.1. The van der Waals surface area contributed by atoms with Crippen LogP contribution in [0.3, 0.4) is 0 Å². The zero-order valence-corrected chi connectivity index (χ0v) is 16.1. The van der Waals surface area contributed by atoms with Gasteiger partial charge in [-0.25, -0.2) is 0 Å². The van der Waals surface area contributed by atoms with Crippen molar-refractivity contribution in [2.75, 3.05) is 59.1 Å². The molecule has 0 amide bonds. The second-order valence-electron chi connectivity index (χ2n) is 6.98. The molecular weight excluding hydrogens is 316 g/mol. The largest absolute Gasteiger partial charge is 0.379 e. The van der Waals surface area contributed by atoms with Gasteiger partial charge in [0.05, 0.1) is 25.9 Å². The van der Waals surface area contributed by atoms with Gasteiger partial charge in [-0.1, -0.05) is 25.7 Å². The summed E-state index contributed by atoms with van der Waals surface area (Å²) >= 11 is 0. The van der Waals surface area contributed by atoms with Crippen LogP contribution in [0.1, 0.15) is 51.9 Å². The molecule has 0 unspecified atom stereocenters. The summed E-state index contributed by atoms with van der Waals surface area (Å²) in [4.78, 5) is 7.14. The number of hydrogen-bond donors (Lipinski definition) is 2. The van der Waals surface area contributed by atoms with Gasteiger partial charge in [0.1, 0.15) is 0 Å². The standard InChI is InChI=1S/C19H38N4O2/c1-2-20-19(21-10-7-12-23-13-16-24-17-14-23)22-11-15-25-18-8-5-3-4-6-9-18/h18H,2-17H2,1H3,(H2,20,21,22). The van der Waals surface area contributed by atoms with Crippen LogP contribution in [0.25, 0.3) is 0 Å². The van der Waals surface area contributed by atoms with E-state index in [9.17, 15) is 0 Å². The van der Waals surface area contributed by atoms with Gasteiger partial charge < -0.3 is 20.1 Å². The normalized spacial score (nSPS) is 21.1. The lowest BCUT2D eigenvalue weighted by Crippen LogP contribution is -2.40. The summed E-state index contributed by atoms with van der Waals surface area (Å²) in [5.74, 6) is 0.911. The highest BCUT2D eigenvalue weighted by Crippen LogP contribution is 2.19. The van der Waals surface area contributed by atoms with Crippen LogP contribution in [-0.2, 0) is 9.47 Å². The molecule has 0 radical (unpaired) electrons. The third-order valence-electron chi connectivity index (χ3n) is 4.90. The molecular formula is C19H38N4O2. The maximum atomic E-state index is 6.03. The van der Waals surface area contributed by atoms with Crippen molar-refractivity contribution >= 4 is 5.96 Å². The number of nitrogens with one attached hydrogen (secondary N) is 2. The molecule has 0 bridgehead atoms. The molecule has 25 heavy (non-hydrogen) atoms. The first kappa shape index (κ1) is 20.5. The zero-order chi connectivity index (χ0) is 17.6. The van der Waals surface area contributed by atoms with Crippen molar-refractivity contribution in [3.05, 3.63) is 0 Å². The summed E-state index contributed by atoms with van der Waals surface area (Å²) < 4.78 is 11.4. The lowest BCUT2D eigenvalue weighted by molar-refractivity contribution is 0.0377. The van der Waals surface area contributed by atoms with E-state index >= 15 is 0 Å². The predicted molar refractivity (Wildman–Crippen MR) is 103 cm³/mol. The van der Waals surface area contributed by atoms with Crippen molar-refractivity contribution in [2.24, 2.45) is 4.99 Å². The Bertz CT molecular complexity index is 351. The predicted octanol–water partition coefficient (Wildman–Crippen LogP) is 2.00. The first-order chi connectivity index (χ1) is 12.4. The minimum atomic E-state index is 0.470. The minimum absolute atomic E-state index is 0.470. The van der Waals surface area contributed by atoms with Gasteiger partial charge in [0, 0.05) is 39.3 Å². The van der Waals surface area contributed by atoms with E-state index in [2.05, 4.69) is 27.4 Å². The highest BCUT2D eigenvalue weighted by atomic mass is 16.5. The van der Waals surface area contributed by atoms with E-state index in [1.165, 1.54) is 38.5 Å². The van der Waals surface area contributed by atoms with Gasteiger partial charge in [-0.05, 0) is 26.2 Å². The Balaban J connectivity index is 1.56. The molecule has 0 atom stereocenters. The monoisotopic (exact) mass is 354 g/mol. The average Bonchev–Trinajstić information content (AvgIpc) is 2.92. The first-order valence-electron chi connectivity index (χ1n) is 10.3. The van der Waals surface area contributed by atoms with Crippen molar-refractivity contribution in [1.82, 2.24) is 15.5 Å². The summed E-state index contributed by atoms with van der Waals surface area (Å²) in [6, 6.07) is 0.